The minimum Gasteiger partial charge on any atom is -0.456 e. The molecule has 0 spiro atoms. The van der Waals surface area contributed by atoms with Gasteiger partial charge in [0.15, 0.2) is 5.58 Å². The Labute approximate surface area is 333 Å². The number of rotatable bonds is 6. The third kappa shape index (κ3) is 5.02. The number of benzene rings is 9. The molecule has 3 aromatic heterocycles. The van der Waals surface area contributed by atoms with Crippen molar-refractivity contribution in [1.29, 1.82) is 0 Å². The molecule has 272 valence electrons. The lowest BCUT2D eigenvalue weighted by atomic mass is 10.00. The van der Waals surface area contributed by atoms with Gasteiger partial charge in [-0.3, -0.25) is 0 Å². The minimum atomic E-state index is 0.821. The van der Waals surface area contributed by atoms with E-state index in [1.54, 1.807) is 0 Å². The fraction of sp³-hybridized carbons (Fsp3) is 0. The molecule has 12 rings (SSSR count). The molecule has 0 bridgehead atoms. The van der Waals surface area contributed by atoms with E-state index in [1.807, 2.05) is 30.3 Å². The summed E-state index contributed by atoms with van der Waals surface area (Å²) in [6.45, 7) is 0. The Balaban J connectivity index is 1.03. The minimum absolute atomic E-state index is 0.821. The van der Waals surface area contributed by atoms with E-state index in [0.29, 0.717) is 0 Å². The fourth-order valence-corrected chi connectivity index (χ4v) is 8.80. The second-order valence-corrected chi connectivity index (χ2v) is 14.8. The van der Waals surface area contributed by atoms with Gasteiger partial charge >= 0.3 is 0 Å². The van der Waals surface area contributed by atoms with Crippen LogP contribution in [0.25, 0.3) is 99.2 Å². The number of para-hydroxylation sites is 4. The van der Waals surface area contributed by atoms with Crippen LogP contribution in [0.1, 0.15) is 0 Å². The summed E-state index contributed by atoms with van der Waals surface area (Å²) in [5, 5.41) is 6.46. The monoisotopic (exact) mass is 743 g/mol. The average Bonchev–Trinajstić information content (AvgIpc) is 3.99. The molecule has 0 atom stereocenters. The van der Waals surface area contributed by atoms with Crippen LogP contribution in [0.5, 0.6) is 0 Å². The Kier molecular flexibility index (Phi) is 7.20. The molecule has 9 aromatic carbocycles. The smallest absolute Gasteiger partial charge is 0.159 e. The quantitative estimate of drug-likeness (QED) is 0.170. The van der Waals surface area contributed by atoms with Crippen molar-refractivity contribution >= 4 is 82.9 Å². The Morgan fingerprint density at radius 3 is 1.57 bits per heavy atom. The molecule has 4 heteroatoms. The summed E-state index contributed by atoms with van der Waals surface area (Å²) in [5.41, 5.74) is 14.8. The highest BCUT2D eigenvalue weighted by molar-refractivity contribution is 6.17. The number of hydrogen-bond donors (Lipinski definition) is 0. The van der Waals surface area contributed by atoms with Crippen molar-refractivity contribution < 1.29 is 13.3 Å². The van der Waals surface area contributed by atoms with Gasteiger partial charge in [-0.25, -0.2) is 0 Å². The van der Waals surface area contributed by atoms with Gasteiger partial charge in [0.2, 0.25) is 0 Å². The molecule has 4 nitrogen and oxygen atoms in total. The first-order valence-corrected chi connectivity index (χ1v) is 19.6. The van der Waals surface area contributed by atoms with Gasteiger partial charge in [-0.05, 0) is 70.8 Å². The average molecular weight is 744 g/mol. The van der Waals surface area contributed by atoms with Crippen molar-refractivity contribution in [2.75, 3.05) is 4.90 Å². The molecule has 0 N–H and O–H groups in total. The largest absolute Gasteiger partial charge is 0.456 e. The van der Waals surface area contributed by atoms with Crippen LogP contribution in [-0.2, 0) is 0 Å². The normalized spacial score (nSPS) is 11.8. The molecule has 0 unspecified atom stereocenters. The third-order valence-electron chi connectivity index (χ3n) is 11.5. The van der Waals surface area contributed by atoms with Crippen LogP contribution in [0.2, 0.25) is 0 Å². The predicted molar refractivity (Wildman–Crippen MR) is 239 cm³/mol. The molecule has 12 aromatic rings. The summed E-state index contributed by atoms with van der Waals surface area (Å²) in [4.78, 5) is 2.32. The molecular weight excluding hydrogens is 711 g/mol. The topological polar surface area (TPSA) is 42.7 Å². The Bertz CT molecular complexity index is 3500. The van der Waals surface area contributed by atoms with Gasteiger partial charge in [0.05, 0.1) is 16.8 Å². The highest BCUT2D eigenvalue weighted by Crippen LogP contribution is 2.48. The number of hydrogen-bond acceptors (Lipinski definition) is 4. The van der Waals surface area contributed by atoms with Crippen LogP contribution < -0.4 is 4.90 Å². The summed E-state index contributed by atoms with van der Waals surface area (Å²) in [5.74, 6) is 0. The third-order valence-corrected chi connectivity index (χ3v) is 11.5. The van der Waals surface area contributed by atoms with E-state index in [4.69, 9.17) is 13.3 Å². The van der Waals surface area contributed by atoms with Crippen LogP contribution in [-0.4, -0.2) is 0 Å². The second-order valence-electron chi connectivity index (χ2n) is 14.8. The Hall–Kier alpha value is -7.82. The molecule has 0 aliphatic rings. The molecule has 0 saturated heterocycles. The van der Waals surface area contributed by atoms with Crippen molar-refractivity contribution in [3.8, 4) is 33.4 Å². The van der Waals surface area contributed by atoms with E-state index in [1.165, 1.54) is 0 Å². The lowest BCUT2D eigenvalue weighted by molar-refractivity contribution is 0.668. The maximum Gasteiger partial charge on any atom is 0.159 e. The lowest BCUT2D eigenvalue weighted by Gasteiger charge is -2.26. The molecule has 0 aliphatic heterocycles. The van der Waals surface area contributed by atoms with E-state index >= 15 is 0 Å². The zero-order valence-corrected chi connectivity index (χ0v) is 31.2. The van der Waals surface area contributed by atoms with Gasteiger partial charge < -0.3 is 18.2 Å². The number of fused-ring (bicyclic) bond motifs is 9. The maximum atomic E-state index is 7.00. The Morgan fingerprint density at radius 2 is 0.828 bits per heavy atom. The molecule has 0 aliphatic carbocycles. The van der Waals surface area contributed by atoms with Gasteiger partial charge in [-0.1, -0.05) is 152 Å². The van der Waals surface area contributed by atoms with Crippen LogP contribution in [0.15, 0.2) is 213 Å². The van der Waals surface area contributed by atoms with Gasteiger partial charge in [-0.2, -0.15) is 0 Å². The molecule has 58 heavy (non-hydrogen) atoms. The summed E-state index contributed by atoms with van der Waals surface area (Å²) < 4.78 is 19.9. The summed E-state index contributed by atoms with van der Waals surface area (Å²) in [6.07, 6.45) is 0. The number of nitrogens with zero attached hydrogens (tertiary/aromatic N) is 1. The number of furan rings is 3. The van der Waals surface area contributed by atoms with E-state index in [2.05, 4.69) is 175 Å². The maximum absolute atomic E-state index is 7.00. The van der Waals surface area contributed by atoms with E-state index < -0.39 is 0 Å². The summed E-state index contributed by atoms with van der Waals surface area (Å²) in [6, 6.07) is 70.0. The van der Waals surface area contributed by atoms with Crippen LogP contribution >= 0.6 is 0 Å². The highest BCUT2D eigenvalue weighted by atomic mass is 16.3. The van der Waals surface area contributed by atoms with Crippen LogP contribution in [0, 0.1) is 0 Å². The summed E-state index contributed by atoms with van der Waals surface area (Å²) in [7, 11) is 0. The first kappa shape index (κ1) is 32.4. The first-order valence-electron chi connectivity index (χ1n) is 19.6. The Morgan fingerprint density at radius 1 is 0.293 bits per heavy atom. The molecule has 0 amide bonds. The van der Waals surface area contributed by atoms with E-state index in [-0.39, 0.29) is 0 Å². The van der Waals surface area contributed by atoms with Crippen molar-refractivity contribution in [1.82, 2.24) is 0 Å². The van der Waals surface area contributed by atoms with Crippen molar-refractivity contribution in [3.63, 3.8) is 0 Å². The van der Waals surface area contributed by atoms with Gasteiger partial charge in [-0.15, -0.1) is 0 Å². The van der Waals surface area contributed by atoms with Crippen molar-refractivity contribution in [2.24, 2.45) is 0 Å². The second kappa shape index (κ2) is 12.9. The van der Waals surface area contributed by atoms with Crippen LogP contribution in [0.3, 0.4) is 0 Å². The SMILES string of the molecule is c1ccc(-c2cccc3c2oc2ccc(-c4ccc(N(c5cccc6c5oc5c(-c7ccccc7)cccc56)c5cccc6oc7ccccc7c56)cc4)cc23)cc1. The number of anilines is 3. The first-order chi connectivity index (χ1) is 28.8. The van der Waals surface area contributed by atoms with Gasteiger partial charge in [0, 0.05) is 43.7 Å². The van der Waals surface area contributed by atoms with Crippen molar-refractivity contribution in [3.05, 3.63) is 200 Å². The van der Waals surface area contributed by atoms with Gasteiger partial charge in [0.1, 0.15) is 27.9 Å². The predicted octanol–water partition coefficient (Wildman–Crippen LogP) is 15.9. The van der Waals surface area contributed by atoms with E-state index in [0.717, 1.165) is 116 Å². The lowest BCUT2D eigenvalue weighted by Crippen LogP contribution is -2.10. The van der Waals surface area contributed by atoms with E-state index in [9.17, 15) is 0 Å². The molecule has 3 heterocycles. The zero-order chi connectivity index (χ0) is 38.2. The standard InChI is InChI=1S/C54H33NO3/c1-3-13-35(14-4-1)39-18-10-21-43-45-33-37(29-32-49(45)57-52(39)43)34-27-30-38(31-28-34)55(46-23-12-26-50-51(46)44-17-7-8-25-48(44)56-50)47-24-11-22-42-41-20-9-19-40(53(41)58-54(42)47)36-15-5-2-6-16-36/h1-33H. The van der Waals surface area contributed by atoms with Crippen LogP contribution in [0.4, 0.5) is 17.1 Å². The summed E-state index contributed by atoms with van der Waals surface area (Å²) >= 11 is 0. The molecule has 0 saturated carbocycles. The van der Waals surface area contributed by atoms with Crippen molar-refractivity contribution in [2.45, 2.75) is 0 Å². The zero-order valence-electron chi connectivity index (χ0n) is 31.2. The molecular formula is C54H33NO3. The highest BCUT2D eigenvalue weighted by Gasteiger charge is 2.24. The van der Waals surface area contributed by atoms with Gasteiger partial charge in [0.25, 0.3) is 0 Å². The fourth-order valence-electron chi connectivity index (χ4n) is 8.80. The molecule has 0 fully saturated rings. The molecule has 0 radical (unpaired) electrons.